The van der Waals surface area contributed by atoms with Gasteiger partial charge in [0.1, 0.15) is 18.0 Å². The molecule has 3 aromatic heterocycles. The highest BCUT2D eigenvalue weighted by Crippen LogP contribution is 2.36. The molecular weight excluding hydrogens is 354 g/mol. The van der Waals surface area contributed by atoms with E-state index in [2.05, 4.69) is 30.0 Å². The van der Waals surface area contributed by atoms with Gasteiger partial charge < -0.3 is 15.0 Å². The van der Waals surface area contributed by atoms with E-state index in [-0.39, 0.29) is 0 Å². The fourth-order valence-electron chi connectivity index (χ4n) is 3.98. The topological polar surface area (TPSA) is 93.2 Å². The standard InChI is InChI=1S/C10H15N3.C9H10N4.CH4O/c1-2-8(3-1)10-12-7-9-6-11-4-5-13(9)10;1-2-7(3-1)9-10-4-8-5-11-12-6-13(8)9;1-2/h7-8,11H,1-6H2;4-7H,1-3H2;2H,1H3. The lowest BCUT2D eigenvalue weighted by molar-refractivity contribution is 0.376. The zero-order valence-electron chi connectivity index (χ0n) is 16.5. The van der Waals surface area contributed by atoms with E-state index in [0.717, 1.165) is 44.0 Å². The number of hydrogen-bond donors (Lipinski definition) is 2. The van der Waals surface area contributed by atoms with Crippen molar-refractivity contribution in [1.29, 1.82) is 0 Å². The van der Waals surface area contributed by atoms with Crippen LogP contribution in [-0.4, -0.2) is 47.9 Å². The van der Waals surface area contributed by atoms with Gasteiger partial charge in [-0.2, -0.15) is 5.10 Å². The Morgan fingerprint density at radius 1 is 0.929 bits per heavy atom. The quantitative estimate of drug-likeness (QED) is 0.705. The molecule has 8 heteroatoms. The molecule has 0 radical (unpaired) electrons. The molecule has 4 heterocycles. The van der Waals surface area contributed by atoms with Gasteiger partial charge in [0.25, 0.3) is 0 Å². The Hall–Kier alpha value is -2.32. The third-order valence-electron chi connectivity index (χ3n) is 6.01. The van der Waals surface area contributed by atoms with E-state index < -0.39 is 0 Å². The molecule has 2 saturated carbocycles. The largest absolute Gasteiger partial charge is 0.400 e. The zero-order valence-corrected chi connectivity index (χ0v) is 16.5. The normalized spacial score (nSPS) is 18.8. The minimum absolute atomic E-state index is 0.645. The van der Waals surface area contributed by atoms with Crippen LogP contribution in [0.1, 0.15) is 67.7 Å². The van der Waals surface area contributed by atoms with Crippen LogP contribution in [0, 0.1) is 0 Å². The molecule has 0 aromatic carbocycles. The molecule has 2 N–H and O–H groups in total. The molecule has 0 unspecified atom stereocenters. The molecule has 150 valence electrons. The number of nitrogens with one attached hydrogen (secondary N) is 1. The van der Waals surface area contributed by atoms with E-state index in [0.29, 0.717) is 5.92 Å². The number of nitrogens with zero attached hydrogens (tertiary/aromatic N) is 6. The highest BCUT2D eigenvalue weighted by atomic mass is 16.2. The van der Waals surface area contributed by atoms with Gasteiger partial charge in [-0.15, -0.1) is 5.10 Å². The van der Waals surface area contributed by atoms with E-state index >= 15 is 0 Å². The summed E-state index contributed by atoms with van der Waals surface area (Å²) in [7, 11) is 1.00. The fourth-order valence-corrected chi connectivity index (χ4v) is 3.98. The second-order valence-corrected chi connectivity index (χ2v) is 7.58. The first kappa shape index (κ1) is 19.0. The van der Waals surface area contributed by atoms with Crippen molar-refractivity contribution >= 4 is 5.52 Å². The molecule has 2 aliphatic carbocycles. The molecule has 3 aliphatic rings. The first-order valence-corrected chi connectivity index (χ1v) is 10.2. The Labute approximate surface area is 165 Å². The van der Waals surface area contributed by atoms with Gasteiger partial charge in [-0.25, -0.2) is 9.97 Å². The lowest BCUT2D eigenvalue weighted by atomic mass is 9.85. The minimum Gasteiger partial charge on any atom is -0.400 e. The monoisotopic (exact) mass is 383 g/mol. The third kappa shape index (κ3) is 3.66. The maximum atomic E-state index is 7.00. The lowest BCUT2D eigenvalue weighted by Gasteiger charge is -2.27. The van der Waals surface area contributed by atoms with Gasteiger partial charge in [0.15, 0.2) is 0 Å². The summed E-state index contributed by atoms with van der Waals surface area (Å²) in [6, 6.07) is 0. The highest BCUT2D eigenvalue weighted by Gasteiger charge is 2.26. The molecule has 0 spiro atoms. The van der Waals surface area contributed by atoms with Crippen molar-refractivity contribution in [3.05, 3.63) is 42.3 Å². The molecule has 0 amide bonds. The first-order chi connectivity index (χ1) is 13.9. The number of aliphatic hydroxyl groups excluding tert-OH is 1. The van der Waals surface area contributed by atoms with Crippen LogP contribution in [0.15, 0.2) is 24.9 Å². The zero-order chi connectivity index (χ0) is 19.3. The third-order valence-corrected chi connectivity index (χ3v) is 6.01. The van der Waals surface area contributed by atoms with Crippen LogP contribution in [0.3, 0.4) is 0 Å². The van der Waals surface area contributed by atoms with Gasteiger partial charge in [-0.3, -0.25) is 4.40 Å². The maximum absolute atomic E-state index is 7.00. The summed E-state index contributed by atoms with van der Waals surface area (Å²) in [5, 5.41) is 18.0. The van der Waals surface area contributed by atoms with Crippen molar-refractivity contribution in [3.63, 3.8) is 0 Å². The van der Waals surface area contributed by atoms with Gasteiger partial charge in [0.05, 0.1) is 23.6 Å². The van der Waals surface area contributed by atoms with Crippen LogP contribution in [0.25, 0.3) is 5.52 Å². The second kappa shape index (κ2) is 8.79. The van der Waals surface area contributed by atoms with E-state index in [4.69, 9.17) is 5.11 Å². The van der Waals surface area contributed by atoms with Crippen LogP contribution in [-0.2, 0) is 13.1 Å². The fraction of sp³-hybridized carbons (Fsp3) is 0.600. The number of aliphatic hydroxyl groups is 1. The van der Waals surface area contributed by atoms with E-state index in [1.54, 1.807) is 12.5 Å². The van der Waals surface area contributed by atoms with Crippen molar-refractivity contribution in [1.82, 2.24) is 34.4 Å². The van der Waals surface area contributed by atoms with Crippen LogP contribution in [0.2, 0.25) is 0 Å². The lowest BCUT2D eigenvalue weighted by Crippen LogP contribution is -2.29. The van der Waals surface area contributed by atoms with Gasteiger partial charge >= 0.3 is 0 Å². The van der Waals surface area contributed by atoms with Gasteiger partial charge in [-0.1, -0.05) is 12.8 Å². The van der Waals surface area contributed by atoms with Crippen LogP contribution < -0.4 is 5.32 Å². The molecular formula is C20H29N7O. The molecule has 1 aliphatic heterocycles. The Kier molecular flexibility index (Phi) is 5.97. The van der Waals surface area contributed by atoms with Crippen LogP contribution in [0.4, 0.5) is 0 Å². The predicted octanol–water partition coefficient (Wildman–Crippen LogP) is 2.25. The van der Waals surface area contributed by atoms with E-state index in [1.165, 1.54) is 50.0 Å². The average molecular weight is 384 g/mol. The van der Waals surface area contributed by atoms with Crippen molar-refractivity contribution in [2.24, 2.45) is 0 Å². The number of hydrogen-bond acceptors (Lipinski definition) is 6. The predicted molar refractivity (Wildman–Crippen MR) is 106 cm³/mol. The van der Waals surface area contributed by atoms with Crippen molar-refractivity contribution in [2.75, 3.05) is 13.7 Å². The Bertz CT molecular complexity index is 895. The summed E-state index contributed by atoms with van der Waals surface area (Å²) < 4.78 is 4.46. The molecule has 8 nitrogen and oxygen atoms in total. The molecule has 0 saturated heterocycles. The molecule has 0 atom stereocenters. The van der Waals surface area contributed by atoms with Crippen molar-refractivity contribution < 1.29 is 5.11 Å². The summed E-state index contributed by atoms with van der Waals surface area (Å²) >= 11 is 0. The van der Waals surface area contributed by atoms with Crippen LogP contribution >= 0.6 is 0 Å². The summed E-state index contributed by atoms with van der Waals surface area (Å²) in [6.45, 7) is 3.21. The smallest absolute Gasteiger partial charge is 0.124 e. The van der Waals surface area contributed by atoms with E-state index in [1.807, 2.05) is 16.8 Å². The molecule has 28 heavy (non-hydrogen) atoms. The van der Waals surface area contributed by atoms with Crippen LogP contribution in [0.5, 0.6) is 0 Å². The highest BCUT2D eigenvalue weighted by molar-refractivity contribution is 5.42. The maximum Gasteiger partial charge on any atom is 0.124 e. The molecule has 6 rings (SSSR count). The van der Waals surface area contributed by atoms with Gasteiger partial charge in [0.2, 0.25) is 0 Å². The second-order valence-electron chi connectivity index (χ2n) is 7.58. The number of aromatic nitrogens is 6. The molecule has 2 fully saturated rings. The van der Waals surface area contributed by atoms with Crippen molar-refractivity contribution in [2.45, 2.75) is 63.5 Å². The van der Waals surface area contributed by atoms with E-state index in [9.17, 15) is 0 Å². The summed E-state index contributed by atoms with van der Waals surface area (Å²) in [5.41, 5.74) is 2.41. The minimum atomic E-state index is 0.645. The Morgan fingerprint density at radius 3 is 2.36 bits per heavy atom. The SMILES string of the molecule is CO.c1nc(C2CCC2)n2c1CNCC2.c1nncn2c(C3CCC3)ncc12. The van der Waals surface area contributed by atoms with Gasteiger partial charge in [-0.05, 0) is 25.7 Å². The van der Waals surface area contributed by atoms with Crippen molar-refractivity contribution in [3.8, 4) is 0 Å². The molecule has 0 bridgehead atoms. The average Bonchev–Trinajstić information content (AvgIpc) is 3.27. The summed E-state index contributed by atoms with van der Waals surface area (Å²) in [5.74, 6) is 3.91. The Balaban J connectivity index is 0.000000126. The summed E-state index contributed by atoms with van der Waals surface area (Å²) in [6.07, 6.45) is 15.4. The number of rotatable bonds is 2. The molecule has 3 aromatic rings. The number of imidazole rings is 2. The van der Waals surface area contributed by atoms with Gasteiger partial charge in [0, 0.05) is 44.8 Å². The first-order valence-electron chi connectivity index (χ1n) is 10.2. The number of fused-ring (bicyclic) bond motifs is 2. The summed E-state index contributed by atoms with van der Waals surface area (Å²) in [4.78, 5) is 8.94. The Morgan fingerprint density at radius 2 is 1.64 bits per heavy atom.